The molecule has 1 aromatic carbocycles. The summed E-state index contributed by atoms with van der Waals surface area (Å²) in [7, 11) is 0. The van der Waals surface area contributed by atoms with E-state index in [2.05, 4.69) is 21.7 Å². The predicted octanol–water partition coefficient (Wildman–Crippen LogP) is 4.64. The predicted molar refractivity (Wildman–Crippen MR) is 106 cm³/mol. The van der Waals surface area contributed by atoms with Gasteiger partial charge in [0.1, 0.15) is 6.33 Å². The molecule has 0 N–H and O–H groups in total. The van der Waals surface area contributed by atoms with E-state index in [-0.39, 0.29) is 5.78 Å². The van der Waals surface area contributed by atoms with Gasteiger partial charge in [-0.3, -0.25) is 9.36 Å². The Kier molecular flexibility index (Phi) is 5.53. The summed E-state index contributed by atoms with van der Waals surface area (Å²) in [5.74, 6) is 0.408. The van der Waals surface area contributed by atoms with Crippen LogP contribution in [-0.2, 0) is 6.54 Å². The quantitative estimate of drug-likeness (QED) is 0.456. The number of hydrogen-bond acceptors (Lipinski definition) is 4. The summed E-state index contributed by atoms with van der Waals surface area (Å²) in [4.78, 5) is 12.7. The first-order valence-electron chi connectivity index (χ1n) is 8.41. The Morgan fingerprint density at radius 2 is 2.00 bits per heavy atom. The number of Topliss-reactive ketones (excluding diaryl/α,β-unsaturated/α-hetero) is 1. The number of carbonyl (C=O) groups is 1. The SMILES string of the molecule is CCn1c(C)cc(C(=O)CSc2nncn2-c2ccc(C)c(Cl)c2)c1C. The summed E-state index contributed by atoms with van der Waals surface area (Å²) in [5.41, 5.74) is 4.79. The van der Waals surface area contributed by atoms with Crippen LogP contribution >= 0.6 is 23.4 Å². The van der Waals surface area contributed by atoms with Crippen LogP contribution in [0.5, 0.6) is 0 Å². The summed E-state index contributed by atoms with van der Waals surface area (Å²) in [6.45, 7) is 8.92. The molecule has 3 aromatic rings. The maximum atomic E-state index is 12.7. The molecule has 0 unspecified atom stereocenters. The van der Waals surface area contributed by atoms with Crippen LogP contribution in [0.25, 0.3) is 5.69 Å². The minimum Gasteiger partial charge on any atom is -0.349 e. The van der Waals surface area contributed by atoms with Crippen molar-refractivity contribution in [2.24, 2.45) is 0 Å². The van der Waals surface area contributed by atoms with Gasteiger partial charge in [-0.1, -0.05) is 29.4 Å². The van der Waals surface area contributed by atoms with Crippen LogP contribution in [0.4, 0.5) is 0 Å². The minimum absolute atomic E-state index is 0.0966. The first-order chi connectivity index (χ1) is 12.4. The third-order valence-electron chi connectivity index (χ3n) is 4.47. The number of carbonyl (C=O) groups excluding carboxylic acids is 1. The normalized spacial score (nSPS) is 11.1. The van der Waals surface area contributed by atoms with Gasteiger partial charge in [0.2, 0.25) is 0 Å². The van der Waals surface area contributed by atoms with Crippen LogP contribution in [0.1, 0.15) is 34.2 Å². The van der Waals surface area contributed by atoms with Crippen molar-refractivity contribution in [3.8, 4) is 5.69 Å². The highest BCUT2D eigenvalue weighted by Crippen LogP contribution is 2.25. The highest BCUT2D eigenvalue weighted by atomic mass is 35.5. The molecule has 0 aliphatic rings. The van der Waals surface area contributed by atoms with Crippen LogP contribution in [0.15, 0.2) is 35.7 Å². The molecule has 7 heteroatoms. The number of benzene rings is 1. The third kappa shape index (κ3) is 3.57. The van der Waals surface area contributed by atoms with Gasteiger partial charge < -0.3 is 4.57 Å². The lowest BCUT2D eigenvalue weighted by Crippen LogP contribution is -2.06. The van der Waals surface area contributed by atoms with Crippen LogP contribution in [0.2, 0.25) is 5.02 Å². The Balaban J connectivity index is 1.78. The molecule has 26 heavy (non-hydrogen) atoms. The Morgan fingerprint density at radius 3 is 2.65 bits per heavy atom. The number of halogens is 1. The smallest absolute Gasteiger partial charge is 0.196 e. The summed E-state index contributed by atoms with van der Waals surface area (Å²) in [6.07, 6.45) is 1.64. The van der Waals surface area contributed by atoms with Crippen molar-refractivity contribution in [1.82, 2.24) is 19.3 Å². The number of aryl methyl sites for hydroxylation is 2. The molecule has 3 rings (SSSR count). The molecule has 0 saturated heterocycles. The van der Waals surface area contributed by atoms with Crippen LogP contribution in [0.3, 0.4) is 0 Å². The summed E-state index contributed by atoms with van der Waals surface area (Å²) in [6, 6.07) is 7.76. The van der Waals surface area contributed by atoms with E-state index < -0.39 is 0 Å². The van der Waals surface area contributed by atoms with E-state index in [1.165, 1.54) is 11.8 Å². The Morgan fingerprint density at radius 1 is 1.23 bits per heavy atom. The van der Waals surface area contributed by atoms with Crippen molar-refractivity contribution >= 4 is 29.1 Å². The molecule has 2 aromatic heterocycles. The van der Waals surface area contributed by atoms with Crippen LogP contribution in [0, 0.1) is 20.8 Å². The molecular formula is C19H21ClN4OS. The van der Waals surface area contributed by atoms with Crippen molar-refractivity contribution in [2.45, 2.75) is 39.4 Å². The second-order valence-corrected chi connectivity index (χ2v) is 7.51. The minimum atomic E-state index is 0.0966. The molecule has 0 aliphatic heterocycles. The summed E-state index contributed by atoms with van der Waals surface area (Å²) >= 11 is 7.60. The van der Waals surface area contributed by atoms with E-state index in [0.717, 1.165) is 34.7 Å². The molecule has 0 saturated carbocycles. The van der Waals surface area contributed by atoms with E-state index in [9.17, 15) is 4.79 Å². The highest BCUT2D eigenvalue weighted by molar-refractivity contribution is 7.99. The largest absolute Gasteiger partial charge is 0.349 e. The molecule has 0 aliphatic carbocycles. The zero-order valence-electron chi connectivity index (χ0n) is 15.3. The molecule has 5 nitrogen and oxygen atoms in total. The second kappa shape index (κ2) is 7.68. The van der Waals surface area contributed by atoms with Crippen molar-refractivity contribution in [3.05, 3.63) is 58.1 Å². The second-order valence-electron chi connectivity index (χ2n) is 6.16. The van der Waals surface area contributed by atoms with E-state index in [4.69, 9.17) is 11.6 Å². The van der Waals surface area contributed by atoms with Gasteiger partial charge in [0.05, 0.1) is 11.4 Å². The molecule has 2 heterocycles. The maximum Gasteiger partial charge on any atom is 0.196 e. The molecule has 0 amide bonds. The molecular weight excluding hydrogens is 368 g/mol. The van der Waals surface area contributed by atoms with Gasteiger partial charge in [-0.05, 0) is 51.5 Å². The number of rotatable bonds is 6. The fourth-order valence-electron chi connectivity index (χ4n) is 3.01. The molecule has 0 fully saturated rings. The zero-order chi connectivity index (χ0) is 18.8. The fourth-order valence-corrected chi connectivity index (χ4v) is 4.00. The molecule has 0 radical (unpaired) electrons. The van der Waals surface area contributed by atoms with Gasteiger partial charge >= 0.3 is 0 Å². The first-order valence-corrected chi connectivity index (χ1v) is 9.78. The monoisotopic (exact) mass is 388 g/mol. The van der Waals surface area contributed by atoms with Crippen molar-refractivity contribution in [3.63, 3.8) is 0 Å². The van der Waals surface area contributed by atoms with Gasteiger partial charge in [0.15, 0.2) is 10.9 Å². The first kappa shape index (κ1) is 18.7. The number of thioether (sulfide) groups is 1. The van der Waals surface area contributed by atoms with E-state index in [1.54, 1.807) is 6.33 Å². The van der Waals surface area contributed by atoms with Crippen LogP contribution in [-0.4, -0.2) is 30.9 Å². The standard InChI is InChI=1S/C19H21ClN4OS/c1-5-23-13(3)8-16(14(23)4)18(25)10-26-19-22-21-11-24(19)15-7-6-12(2)17(20)9-15/h6-9,11H,5,10H2,1-4H3. The Hall–Kier alpha value is -2.05. The van der Waals surface area contributed by atoms with Gasteiger partial charge in [-0.2, -0.15) is 0 Å². The number of ketones is 1. The van der Waals surface area contributed by atoms with E-state index in [0.29, 0.717) is 15.9 Å². The summed E-state index contributed by atoms with van der Waals surface area (Å²) < 4.78 is 3.99. The molecule has 0 bridgehead atoms. The lowest BCUT2D eigenvalue weighted by molar-refractivity contribution is 0.102. The number of aromatic nitrogens is 4. The molecule has 0 spiro atoms. The van der Waals surface area contributed by atoms with Gasteiger partial charge in [0.25, 0.3) is 0 Å². The number of hydrogen-bond donors (Lipinski definition) is 0. The number of nitrogens with zero attached hydrogens (tertiary/aromatic N) is 4. The van der Waals surface area contributed by atoms with Gasteiger partial charge in [0, 0.05) is 28.5 Å². The van der Waals surface area contributed by atoms with Crippen LogP contribution < -0.4 is 0 Å². The maximum absolute atomic E-state index is 12.7. The highest BCUT2D eigenvalue weighted by Gasteiger charge is 2.17. The Labute approximate surface area is 162 Å². The average molecular weight is 389 g/mol. The molecule has 136 valence electrons. The fraction of sp³-hybridized carbons (Fsp3) is 0.316. The lowest BCUT2D eigenvalue weighted by atomic mass is 10.2. The van der Waals surface area contributed by atoms with E-state index >= 15 is 0 Å². The topological polar surface area (TPSA) is 52.7 Å². The van der Waals surface area contributed by atoms with Crippen molar-refractivity contribution in [1.29, 1.82) is 0 Å². The molecule has 0 atom stereocenters. The zero-order valence-corrected chi connectivity index (χ0v) is 16.9. The lowest BCUT2D eigenvalue weighted by Gasteiger charge is -2.08. The third-order valence-corrected chi connectivity index (χ3v) is 5.82. The van der Waals surface area contributed by atoms with Crippen molar-refractivity contribution in [2.75, 3.05) is 5.75 Å². The van der Waals surface area contributed by atoms with Gasteiger partial charge in [-0.25, -0.2) is 0 Å². The van der Waals surface area contributed by atoms with Crippen molar-refractivity contribution < 1.29 is 4.79 Å². The Bertz CT molecular complexity index is 961. The van der Waals surface area contributed by atoms with E-state index in [1.807, 2.05) is 49.6 Å². The van der Waals surface area contributed by atoms with Gasteiger partial charge in [-0.15, -0.1) is 10.2 Å². The average Bonchev–Trinajstić information content (AvgIpc) is 3.19. The summed E-state index contributed by atoms with van der Waals surface area (Å²) in [5, 5.41) is 9.49.